The van der Waals surface area contributed by atoms with Gasteiger partial charge in [0.2, 0.25) is 17.6 Å². The molecule has 7 heteroatoms. The number of nitrogens with zero attached hydrogens (tertiary/aromatic N) is 2. The third kappa shape index (κ3) is 4.17. The maximum Gasteiger partial charge on any atom is 0.249 e. The van der Waals surface area contributed by atoms with Crippen LogP contribution in [0.2, 0.25) is 0 Å². The Morgan fingerprint density at radius 2 is 2.04 bits per heavy atom. The van der Waals surface area contributed by atoms with Crippen molar-refractivity contribution < 1.29 is 18.1 Å². The third-order valence-corrected chi connectivity index (χ3v) is 4.26. The lowest BCUT2D eigenvalue weighted by Crippen LogP contribution is -2.33. The fourth-order valence-corrected chi connectivity index (χ4v) is 2.56. The average Bonchev–Trinajstić information content (AvgIpc) is 3.32. The number of hydrogen-bond acceptors (Lipinski definition) is 5. The van der Waals surface area contributed by atoms with Crippen molar-refractivity contribution in [1.82, 2.24) is 15.5 Å². The van der Waals surface area contributed by atoms with Crippen LogP contribution in [-0.4, -0.2) is 16.0 Å². The zero-order valence-corrected chi connectivity index (χ0v) is 14.6. The molecule has 1 aromatic carbocycles. The number of halogens is 1. The molecule has 2 aromatic heterocycles. The van der Waals surface area contributed by atoms with E-state index in [1.54, 1.807) is 24.3 Å². The Balaban J connectivity index is 1.74. The summed E-state index contributed by atoms with van der Waals surface area (Å²) in [7, 11) is 0. The number of amides is 1. The molecular weight excluding hydrogens is 337 g/mol. The normalized spacial score (nSPS) is 13.3. The van der Waals surface area contributed by atoms with Crippen molar-refractivity contribution in [2.75, 3.05) is 0 Å². The summed E-state index contributed by atoms with van der Waals surface area (Å²) < 4.78 is 23.6. The molecule has 2 heterocycles. The van der Waals surface area contributed by atoms with E-state index in [1.807, 2.05) is 13.8 Å². The molecule has 2 unspecified atom stereocenters. The van der Waals surface area contributed by atoms with Crippen molar-refractivity contribution in [3.05, 3.63) is 59.9 Å². The van der Waals surface area contributed by atoms with Gasteiger partial charge in [0, 0.05) is 0 Å². The number of aromatic nitrogens is 2. The molecule has 0 saturated carbocycles. The Kier molecular flexibility index (Phi) is 5.46. The minimum Gasteiger partial charge on any atom is -0.461 e. The second-order valence-corrected chi connectivity index (χ2v) is 6.17. The molecule has 3 aromatic rings. The molecule has 0 saturated heterocycles. The highest BCUT2D eigenvalue weighted by atomic mass is 19.1. The Morgan fingerprint density at radius 3 is 2.69 bits per heavy atom. The number of rotatable bonds is 7. The zero-order valence-electron chi connectivity index (χ0n) is 14.6. The van der Waals surface area contributed by atoms with Crippen LogP contribution in [0.5, 0.6) is 0 Å². The van der Waals surface area contributed by atoms with Gasteiger partial charge in [-0.05, 0) is 35.7 Å². The van der Waals surface area contributed by atoms with Gasteiger partial charge in [0.25, 0.3) is 0 Å². The van der Waals surface area contributed by atoms with Gasteiger partial charge < -0.3 is 14.3 Å². The molecule has 0 aliphatic heterocycles. The van der Waals surface area contributed by atoms with Gasteiger partial charge in [-0.1, -0.05) is 37.6 Å². The summed E-state index contributed by atoms with van der Waals surface area (Å²) in [5.74, 6) is 0.740. The summed E-state index contributed by atoms with van der Waals surface area (Å²) in [4.78, 5) is 16.8. The van der Waals surface area contributed by atoms with Crippen LogP contribution in [0.1, 0.15) is 37.8 Å². The van der Waals surface area contributed by atoms with E-state index >= 15 is 0 Å². The van der Waals surface area contributed by atoms with Gasteiger partial charge in [-0.3, -0.25) is 4.79 Å². The van der Waals surface area contributed by atoms with Crippen molar-refractivity contribution in [2.45, 2.75) is 32.7 Å². The molecule has 2 atom stereocenters. The Bertz CT molecular complexity index is 843. The lowest BCUT2D eigenvalue weighted by atomic mass is 9.98. The van der Waals surface area contributed by atoms with Gasteiger partial charge in [0.05, 0.1) is 12.7 Å². The lowest BCUT2D eigenvalue weighted by Gasteiger charge is -2.20. The molecule has 3 rings (SSSR count). The maximum atomic E-state index is 13.0. The molecule has 1 N–H and O–H groups in total. The minimum atomic E-state index is -0.413. The maximum absolute atomic E-state index is 13.0. The molecule has 0 radical (unpaired) electrons. The van der Waals surface area contributed by atoms with Gasteiger partial charge in [-0.25, -0.2) is 4.39 Å². The van der Waals surface area contributed by atoms with E-state index in [2.05, 4.69) is 15.5 Å². The topological polar surface area (TPSA) is 81.2 Å². The molecule has 0 fully saturated rings. The van der Waals surface area contributed by atoms with E-state index in [0.717, 1.165) is 12.0 Å². The first-order valence-corrected chi connectivity index (χ1v) is 8.48. The lowest BCUT2D eigenvalue weighted by molar-refractivity contribution is -0.121. The van der Waals surface area contributed by atoms with Gasteiger partial charge >= 0.3 is 0 Å². The highest BCUT2D eigenvalue weighted by Crippen LogP contribution is 2.26. The molecule has 6 nitrogen and oxygen atoms in total. The van der Waals surface area contributed by atoms with Crippen molar-refractivity contribution >= 4 is 5.91 Å². The second-order valence-electron chi connectivity index (χ2n) is 6.17. The van der Waals surface area contributed by atoms with Crippen LogP contribution in [0.15, 0.2) is 51.6 Å². The van der Waals surface area contributed by atoms with Crippen LogP contribution in [0.4, 0.5) is 4.39 Å². The summed E-state index contributed by atoms with van der Waals surface area (Å²) in [5.41, 5.74) is 0.730. The van der Waals surface area contributed by atoms with Crippen LogP contribution in [0, 0.1) is 11.7 Å². The van der Waals surface area contributed by atoms with Crippen LogP contribution in [0.3, 0.4) is 0 Å². The zero-order chi connectivity index (χ0) is 18.5. The average molecular weight is 357 g/mol. The summed E-state index contributed by atoms with van der Waals surface area (Å²) in [6.45, 7) is 4.02. The van der Waals surface area contributed by atoms with Gasteiger partial charge in [0.1, 0.15) is 11.9 Å². The van der Waals surface area contributed by atoms with Gasteiger partial charge in [0.15, 0.2) is 5.76 Å². The quantitative estimate of drug-likeness (QED) is 0.693. The Labute approximate surface area is 150 Å². The second kappa shape index (κ2) is 7.95. The summed E-state index contributed by atoms with van der Waals surface area (Å²) in [6, 6.07) is 8.92. The van der Waals surface area contributed by atoms with Gasteiger partial charge in [-0.15, -0.1) is 0 Å². The van der Waals surface area contributed by atoms with Crippen molar-refractivity contribution in [3.63, 3.8) is 0 Å². The monoisotopic (exact) mass is 357 g/mol. The van der Waals surface area contributed by atoms with E-state index in [-0.39, 0.29) is 24.1 Å². The number of carbonyl (C=O) groups is 1. The first-order chi connectivity index (χ1) is 12.6. The largest absolute Gasteiger partial charge is 0.461 e. The number of furan rings is 1. The van der Waals surface area contributed by atoms with Crippen molar-refractivity contribution in [2.24, 2.45) is 5.92 Å². The summed E-state index contributed by atoms with van der Waals surface area (Å²) >= 11 is 0. The number of carbonyl (C=O) groups excluding carboxylic acids is 1. The predicted molar refractivity (Wildman–Crippen MR) is 92.4 cm³/mol. The smallest absolute Gasteiger partial charge is 0.249 e. The van der Waals surface area contributed by atoms with E-state index in [0.29, 0.717) is 17.5 Å². The third-order valence-electron chi connectivity index (χ3n) is 4.26. The fourth-order valence-electron chi connectivity index (χ4n) is 2.56. The minimum absolute atomic E-state index is 0.0945. The van der Waals surface area contributed by atoms with E-state index in [4.69, 9.17) is 8.94 Å². The predicted octanol–water partition coefficient (Wildman–Crippen LogP) is 3.91. The first kappa shape index (κ1) is 17.8. The molecule has 0 spiro atoms. The first-order valence-electron chi connectivity index (χ1n) is 8.48. The van der Waals surface area contributed by atoms with Crippen molar-refractivity contribution in [1.29, 1.82) is 0 Å². The Hall–Kier alpha value is -2.96. The molecule has 26 heavy (non-hydrogen) atoms. The van der Waals surface area contributed by atoms with Gasteiger partial charge in [-0.2, -0.15) is 4.98 Å². The molecule has 1 amide bonds. The molecule has 0 bridgehead atoms. The fraction of sp³-hybridized carbons (Fsp3) is 0.316. The number of hydrogen-bond donors (Lipinski definition) is 1. The van der Waals surface area contributed by atoms with E-state index in [9.17, 15) is 9.18 Å². The van der Waals surface area contributed by atoms with Crippen LogP contribution < -0.4 is 5.32 Å². The summed E-state index contributed by atoms with van der Waals surface area (Å²) in [6.07, 6.45) is 2.49. The SMILES string of the molecule is CCC(C)C(NC(=O)Cc1ccc(F)cc1)c1nc(-c2ccco2)no1. The van der Waals surface area contributed by atoms with E-state index in [1.165, 1.54) is 18.4 Å². The highest BCUT2D eigenvalue weighted by Gasteiger charge is 2.26. The Morgan fingerprint density at radius 1 is 1.27 bits per heavy atom. The standard InChI is InChI=1S/C19H20FN3O3/c1-3-12(2)17(19-22-18(23-26-19)15-5-4-10-25-15)21-16(24)11-13-6-8-14(20)9-7-13/h4-10,12,17H,3,11H2,1-2H3,(H,21,24). The number of benzene rings is 1. The van der Waals surface area contributed by atoms with E-state index < -0.39 is 6.04 Å². The molecular formula is C19H20FN3O3. The number of nitrogens with one attached hydrogen (secondary N) is 1. The van der Waals surface area contributed by atoms with Crippen molar-refractivity contribution in [3.8, 4) is 11.6 Å². The molecule has 0 aliphatic carbocycles. The molecule has 136 valence electrons. The summed E-state index contributed by atoms with van der Waals surface area (Å²) in [5, 5.41) is 6.87. The highest BCUT2D eigenvalue weighted by molar-refractivity contribution is 5.78. The molecule has 0 aliphatic rings. The van der Waals surface area contributed by atoms with Crippen LogP contribution in [0.25, 0.3) is 11.6 Å². The van der Waals surface area contributed by atoms with Crippen LogP contribution in [-0.2, 0) is 11.2 Å². The van der Waals surface area contributed by atoms with Crippen LogP contribution >= 0.6 is 0 Å².